The van der Waals surface area contributed by atoms with E-state index < -0.39 is 9.84 Å². The Morgan fingerprint density at radius 1 is 1.21 bits per heavy atom. The van der Waals surface area contributed by atoms with Crippen LogP contribution in [-0.2, 0) is 14.6 Å². The van der Waals surface area contributed by atoms with Crippen molar-refractivity contribution in [3.8, 4) is 0 Å². The minimum Gasteiger partial charge on any atom is -0.301 e. The molecule has 0 fully saturated rings. The van der Waals surface area contributed by atoms with Crippen molar-refractivity contribution in [2.24, 2.45) is 0 Å². The molecule has 0 spiro atoms. The highest BCUT2D eigenvalue weighted by molar-refractivity contribution is 7.93. The van der Waals surface area contributed by atoms with Crippen molar-refractivity contribution in [1.82, 2.24) is 10.2 Å². The van der Waals surface area contributed by atoms with E-state index in [1.165, 1.54) is 19.1 Å². The molecule has 0 atom stereocenters. The Morgan fingerprint density at radius 2 is 1.84 bits per heavy atom. The molecule has 1 aromatic heterocycles. The fraction of sp³-hybridized carbons (Fsp3) is 0.182. The molecule has 0 bridgehead atoms. The minimum absolute atomic E-state index is 0.139. The smallest absolute Gasteiger partial charge is 0.239 e. The molecule has 2 rings (SSSR count). The van der Waals surface area contributed by atoms with Crippen LogP contribution in [0.2, 0.25) is 0 Å². The predicted octanol–water partition coefficient (Wildman–Crippen LogP) is 1.64. The van der Waals surface area contributed by atoms with Crippen LogP contribution in [-0.4, -0.2) is 24.5 Å². The zero-order chi connectivity index (χ0) is 14.0. The maximum absolute atomic E-state index is 12.2. The molecule has 100 valence electrons. The molecule has 0 unspecified atom stereocenters. The number of carbonyl (C=O) groups excluding carboxylic acids is 1. The standard InChI is InChI=1S/C11H11N3O3S2/c1-7-3-5-9(6-4-7)19(16,17)11-14-13-10(18-11)12-8(2)15/h3-6H,1-2H3,(H,12,13,15). The molecule has 8 heteroatoms. The lowest BCUT2D eigenvalue weighted by Crippen LogP contribution is -2.04. The van der Waals surface area contributed by atoms with E-state index in [9.17, 15) is 13.2 Å². The van der Waals surface area contributed by atoms with Crippen molar-refractivity contribution in [3.63, 3.8) is 0 Å². The van der Waals surface area contributed by atoms with Crippen LogP contribution in [0.3, 0.4) is 0 Å². The Bertz CT molecular complexity index is 705. The van der Waals surface area contributed by atoms with Gasteiger partial charge in [0.05, 0.1) is 4.90 Å². The minimum atomic E-state index is -3.68. The van der Waals surface area contributed by atoms with Crippen molar-refractivity contribution in [2.75, 3.05) is 5.32 Å². The molecule has 2 aromatic rings. The third-order valence-corrected chi connectivity index (χ3v) is 5.23. The molecule has 0 aliphatic heterocycles. The highest BCUT2D eigenvalue weighted by Crippen LogP contribution is 2.26. The summed E-state index contributed by atoms with van der Waals surface area (Å²) in [5, 5.41) is 9.79. The summed E-state index contributed by atoms with van der Waals surface area (Å²) in [5.74, 6) is -0.324. The lowest BCUT2D eigenvalue weighted by Gasteiger charge is -2.00. The van der Waals surface area contributed by atoms with Gasteiger partial charge in [0.25, 0.3) is 0 Å². The molecule has 0 saturated carbocycles. The third-order valence-electron chi connectivity index (χ3n) is 2.25. The van der Waals surface area contributed by atoms with Gasteiger partial charge in [-0.3, -0.25) is 4.79 Å². The third kappa shape index (κ3) is 2.96. The van der Waals surface area contributed by atoms with Crippen LogP contribution >= 0.6 is 11.3 Å². The Morgan fingerprint density at radius 3 is 2.42 bits per heavy atom. The van der Waals surface area contributed by atoms with Gasteiger partial charge < -0.3 is 5.32 Å². The van der Waals surface area contributed by atoms with Crippen LogP contribution in [0.15, 0.2) is 33.5 Å². The number of nitrogens with one attached hydrogen (secondary N) is 1. The Kier molecular flexibility index (Phi) is 3.63. The van der Waals surface area contributed by atoms with E-state index in [1.54, 1.807) is 12.1 Å². The van der Waals surface area contributed by atoms with Gasteiger partial charge in [0, 0.05) is 6.92 Å². The van der Waals surface area contributed by atoms with Gasteiger partial charge in [0.2, 0.25) is 25.2 Å². The Labute approximate surface area is 114 Å². The first-order valence-corrected chi connectivity index (χ1v) is 7.62. The maximum Gasteiger partial charge on any atom is 0.239 e. The summed E-state index contributed by atoms with van der Waals surface area (Å²) in [6, 6.07) is 6.46. The van der Waals surface area contributed by atoms with Gasteiger partial charge in [-0.15, -0.1) is 10.2 Å². The molecule has 1 amide bonds. The zero-order valence-electron chi connectivity index (χ0n) is 10.2. The van der Waals surface area contributed by atoms with Crippen LogP contribution in [0.1, 0.15) is 12.5 Å². The summed E-state index contributed by atoms with van der Waals surface area (Å²) in [6.07, 6.45) is 0. The number of anilines is 1. The van der Waals surface area contributed by atoms with Gasteiger partial charge in [-0.05, 0) is 19.1 Å². The highest BCUT2D eigenvalue weighted by Gasteiger charge is 2.23. The number of nitrogens with zero attached hydrogens (tertiary/aromatic N) is 2. The molecule has 0 aliphatic carbocycles. The Hall–Kier alpha value is -1.80. The molecule has 1 aromatic carbocycles. The summed E-state index contributed by atoms with van der Waals surface area (Å²) in [4.78, 5) is 11.0. The zero-order valence-corrected chi connectivity index (χ0v) is 11.9. The van der Waals surface area contributed by atoms with E-state index >= 15 is 0 Å². The van der Waals surface area contributed by atoms with E-state index in [0.29, 0.717) is 0 Å². The molecule has 1 N–H and O–H groups in total. The van der Waals surface area contributed by atoms with Crippen LogP contribution in [0.5, 0.6) is 0 Å². The molecular formula is C11H11N3O3S2. The number of aromatic nitrogens is 2. The normalized spacial score (nSPS) is 11.3. The largest absolute Gasteiger partial charge is 0.301 e. The van der Waals surface area contributed by atoms with E-state index in [0.717, 1.165) is 16.9 Å². The van der Waals surface area contributed by atoms with Gasteiger partial charge in [-0.2, -0.15) is 0 Å². The van der Waals surface area contributed by atoms with Gasteiger partial charge in [0.15, 0.2) is 0 Å². The summed E-state index contributed by atoms with van der Waals surface area (Å²) in [6.45, 7) is 3.19. The van der Waals surface area contributed by atoms with E-state index in [4.69, 9.17) is 0 Å². The lowest BCUT2D eigenvalue weighted by molar-refractivity contribution is -0.114. The summed E-state index contributed by atoms with van der Waals surface area (Å²) < 4.78 is 24.3. The number of benzene rings is 1. The fourth-order valence-corrected chi connectivity index (χ4v) is 3.67. The highest BCUT2D eigenvalue weighted by atomic mass is 32.2. The number of hydrogen-bond donors (Lipinski definition) is 1. The SMILES string of the molecule is CC(=O)Nc1nnc(S(=O)(=O)c2ccc(C)cc2)s1. The van der Waals surface area contributed by atoms with E-state index in [1.807, 2.05) is 6.92 Å². The van der Waals surface area contributed by atoms with Crippen molar-refractivity contribution in [3.05, 3.63) is 29.8 Å². The first kappa shape index (κ1) is 13.6. The topological polar surface area (TPSA) is 89.0 Å². The number of carbonyl (C=O) groups is 1. The van der Waals surface area contributed by atoms with Gasteiger partial charge in [0.1, 0.15) is 0 Å². The monoisotopic (exact) mass is 297 g/mol. The first-order valence-electron chi connectivity index (χ1n) is 5.32. The quantitative estimate of drug-likeness (QED) is 0.870. The van der Waals surface area contributed by atoms with Crippen LogP contribution in [0.25, 0.3) is 0 Å². The van der Waals surface area contributed by atoms with Crippen LogP contribution < -0.4 is 5.32 Å². The average Bonchev–Trinajstić information content (AvgIpc) is 2.78. The Balaban J connectivity index is 2.37. The van der Waals surface area contributed by atoms with Crippen molar-refractivity contribution < 1.29 is 13.2 Å². The van der Waals surface area contributed by atoms with Crippen molar-refractivity contribution in [2.45, 2.75) is 23.1 Å². The van der Waals surface area contributed by atoms with Crippen molar-refractivity contribution >= 4 is 32.2 Å². The number of sulfone groups is 1. The summed E-state index contributed by atoms with van der Waals surface area (Å²) in [7, 11) is -3.68. The molecular weight excluding hydrogens is 286 g/mol. The van der Waals surface area contributed by atoms with Crippen molar-refractivity contribution in [1.29, 1.82) is 0 Å². The second kappa shape index (κ2) is 5.06. The number of amides is 1. The number of hydrogen-bond acceptors (Lipinski definition) is 6. The first-order chi connectivity index (χ1) is 8.89. The molecule has 0 saturated heterocycles. The summed E-state index contributed by atoms with van der Waals surface area (Å²) >= 11 is 0.825. The second-order valence-corrected chi connectivity index (χ2v) is 6.97. The van der Waals surface area contributed by atoms with Crippen LogP contribution in [0.4, 0.5) is 5.13 Å². The molecule has 0 aliphatic rings. The molecule has 1 heterocycles. The number of rotatable bonds is 3. The van der Waals surface area contributed by atoms with E-state index in [2.05, 4.69) is 15.5 Å². The van der Waals surface area contributed by atoms with Gasteiger partial charge >= 0.3 is 0 Å². The fourth-order valence-electron chi connectivity index (χ4n) is 1.34. The molecule has 6 nitrogen and oxygen atoms in total. The predicted molar refractivity (Wildman–Crippen MR) is 70.8 cm³/mol. The average molecular weight is 297 g/mol. The van der Waals surface area contributed by atoms with Gasteiger partial charge in [-0.1, -0.05) is 29.0 Å². The lowest BCUT2D eigenvalue weighted by atomic mass is 10.2. The molecule has 19 heavy (non-hydrogen) atoms. The van der Waals surface area contributed by atoms with E-state index in [-0.39, 0.29) is 20.3 Å². The second-order valence-electron chi connectivity index (χ2n) is 3.87. The van der Waals surface area contributed by atoms with Gasteiger partial charge in [-0.25, -0.2) is 8.42 Å². The molecule has 0 radical (unpaired) electrons. The summed E-state index contributed by atoms with van der Waals surface area (Å²) in [5.41, 5.74) is 0.968. The van der Waals surface area contributed by atoms with Crippen LogP contribution in [0, 0.1) is 6.92 Å². The number of aryl methyl sites for hydroxylation is 1. The maximum atomic E-state index is 12.2.